The second kappa shape index (κ2) is 8.43. The number of hydrogen-bond acceptors (Lipinski definition) is 5. The largest absolute Gasteiger partial charge is 0.472 e. The molecule has 0 aliphatic heterocycles. The SMILES string of the molecule is CS(=O)(=O)N(Cc1ccc(C(=O)NNC(=O)C(F)(F)F)cc1F)c1cccnc1. The predicted octanol–water partition coefficient (Wildman–Crippen LogP) is 1.51. The third-order valence-corrected chi connectivity index (χ3v) is 4.65. The van der Waals surface area contributed by atoms with E-state index in [0.29, 0.717) is 6.07 Å². The van der Waals surface area contributed by atoms with Crippen LogP contribution in [0.5, 0.6) is 0 Å². The Morgan fingerprint density at radius 1 is 1.17 bits per heavy atom. The van der Waals surface area contributed by atoms with Crippen molar-refractivity contribution in [2.45, 2.75) is 12.7 Å². The van der Waals surface area contributed by atoms with Gasteiger partial charge < -0.3 is 0 Å². The number of nitrogens with one attached hydrogen (secondary N) is 2. The molecule has 13 heteroatoms. The number of nitrogens with zero attached hydrogens (tertiary/aromatic N) is 2. The fourth-order valence-corrected chi connectivity index (χ4v) is 2.99. The number of pyridine rings is 1. The van der Waals surface area contributed by atoms with E-state index in [0.717, 1.165) is 28.1 Å². The van der Waals surface area contributed by atoms with Gasteiger partial charge in [-0.3, -0.25) is 29.7 Å². The highest BCUT2D eigenvalue weighted by Gasteiger charge is 2.39. The number of hydrogen-bond donors (Lipinski definition) is 2. The molecule has 0 fully saturated rings. The van der Waals surface area contributed by atoms with Crippen LogP contribution in [0.4, 0.5) is 23.2 Å². The Morgan fingerprint density at radius 2 is 1.86 bits per heavy atom. The molecule has 2 aromatic rings. The van der Waals surface area contributed by atoms with E-state index in [-0.39, 0.29) is 16.8 Å². The van der Waals surface area contributed by atoms with Gasteiger partial charge in [0.25, 0.3) is 5.91 Å². The normalized spacial score (nSPS) is 11.6. The highest BCUT2D eigenvalue weighted by Crippen LogP contribution is 2.21. The van der Waals surface area contributed by atoms with Crippen molar-refractivity contribution < 1.29 is 35.6 Å². The molecule has 0 atom stereocenters. The van der Waals surface area contributed by atoms with E-state index in [1.807, 2.05) is 0 Å². The van der Waals surface area contributed by atoms with Crippen molar-refractivity contribution in [3.8, 4) is 0 Å². The molecule has 2 amide bonds. The summed E-state index contributed by atoms with van der Waals surface area (Å²) in [5.74, 6) is -4.57. The van der Waals surface area contributed by atoms with Crippen LogP contribution in [0.1, 0.15) is 15.9 Å². The minimum absolute atomic E-state index is 0.102. The van der Waals surface area contributed by atoms with E-state index < -0.39 is 40.4 Å². The van der Waals surface area contributed by atoms with Gasteiger partial charge in [0, 0.05) is 17.3 Å². The van der Waals surface area contributed by atoms with Gasteiger partial charge in [-0.05, 0) is 24.3 Å². The Hall–Kier alpha value is -3.22. The van der Waals surface area contributed by atoms with Crippen LogP contribution in [-0.4, -0.2) is 37.6 Å². The number of sulfonamides is 1. The molecular weight excluding hydrogens is 420 g/mol. The molecule has 2 N–H and O–H groups in total. The molecule has 0 saturated carbocycles. The number of carbonyl (C=O) groups excluding carboxylic acids is 2. The van der Waals surface area contributed by atoms with Gasteiger partial charge in [0.2, 0.25) is 10.0 Å². The summed E-state index contributed by atoms with van der Waals surface area (Å²) in [7, 11) is -3.80. The molecule has 1 heterocycles. The minimum atomic E-state index is -5.20. The minimum Gasteiger partial charge on any atom is -0.267 e. The first kappa shape index (κ1) is 22.1. The Morgan fingerprint density at radius 3 is 2.38 bits per heavy atom. The second-order valence-electron chi connectivity index (χ2n) is 5.69. The monoisotopic (exact) mass is 434 g/mol. The summed E-state index contributed by atoms with van der Waals surface area (Å²) in [6, 6.07) is 5.82. The van der Waals surface area contributed by atoms with Crippen LogP contribution in [0, 0.1) is 5.82 Å². The molecule has 2 rings (SSSR count). The van der Waals surface area contributed by atoms with E-state index >= 15 is 0 Å². The molecule has 0 aliphatic carbocycles. The van der Waals surface area contributed by atoms with Crippen LogP contribution >= 0.6 is 0 Å². The summed E-state index contributed by atoms with van der Waals surface area (Å²) in [4.78, 5) is 26.3. The van der Waals surface area contributed by atoms with Gasteiger partial charge in [0.15, 0.2) is 0 Å². The van der Waals surface area contributed by atoms with Crippen molar-refractivity contribution in [1.29, 1.82) is 0 Å². The Labute approximate surface area is 162 Å². The summed E-state index contributed by atoms with van der Waals surface area (Å²) in [5, 5.41) is 0. The van der Waals surface area contributed by atoms with Gasteiger partial charge >= 0.3 is 12.1 Å². The molecule has 29 heavy (non-hydrogen) atoms. The molecule has 0 saturated heterocycles. The van der Waals surface area contributed by atoms with Crippen LogP contribution in [-0.2, 0) is 21.4 Å². The van der Waals surface area contributed by atoms with Gasteiger partial charge in [-0.25, -0.2) is 12.8 Å². The van der Waals surface area contributed by atoms with E-state index in [2.05, 4.69) is 4.98 Å². The highest BCUT2D eigenvalue weighted by molar-refractivity contribution is 7.92. The average molecular weight is 434 g/mol. The number of aromatic nitrogens is 1. The van der Waals surface area contributed by atoms with Crippen LogP contribution < -0.4 is 15.2 Å². The smallest absolute Gasteiger partial charge is 0.267 e. The summed E-state index contributed by atoms with van der Waals surface area (Å²) in [5.41, 5.74) is 2.35. The fourth-order valence-electron chi connectivity index (χ4n) is 2.13. The van der Waals surface area contributed by atoms with Crippen molar-refractivity contribution in [2.24, 2.45) is 0 Å². The number of rotatable bonds is 5. The van der Waals surface area contributed by atoms with Crippen molar-refractivity contribution in [3.05, 3.63) is 59.7 Å². The van der Waals surface area contributed by atoms with E-state index in [1.54, 1.807) is 0 Å². The lowest BCUT2D eigenvalue weighted by atomic mass is 10.1. The topological polar surface area (TPSA) is 108 Å². The van der Waals surface area contributed by atoms with Crippen LogP contribution in [0.15, 0.2) is 42.7 Å². The maximum absolute atomic E-state index is 14.4. The van der Waals surface area contributed by atoms with Gasteiger partial charge in [-0.2, -0.15) is 13.2 Å². The number of alkyl halides is 3. The van der Waals surface area contributed by atoms with Gasteiger partial charge in [0.1, 0.15) is 5.82 Å². The number of halogens is 4. The first-order valence-corrected chi connectivity index (χ1v) is 9.58. The fraction of sp³-hybridized carbons (Fsp3) is 0.188. The molecule has 156 valence electrons. The lowest BCUT2D eigenvalue weighted by molar-refractivity contribution is -0.174. The average Bonchev–Trinajstić information content (AvgIpc) is 2.63. The van der Waals surface area contributed by atoms with E-state index in [9.17, 15) is 35.6 Å². The third-order valence-electron chi connectivity index (χ3n) is 3.51. The quantitative estimate of drug-likeness (QED) is 0.548. The van der Waals surface area contributed by atoms with Crippen molar-refractivity contribution in [2.75, 3.05) is 10.6 Å². The molecular formula is C16H14F4N4O4S. The van der Waals surface area contributed by atoms with Gasteiger partial charge in [0.05, 0.1) is 24.7 Å². The number of anilines is 1. The summed E-state index contributed by atoms with van der Waals surface area (Å²) < 4.78 is 75.6. The number of amides is 2. The molecule has 1 aromatic carbocycles. The summed E-state index contributed by atoms with van der Waals surface area (Å²) in [6.07, 6.45) is -1.59. The van der Waals surface area contributed by atoms with Crippen LogP contribution in [0.25, 0.3) is 0 Å². The lowest BCUT2D eigenvalue weighted by Gasteiger charge is -2.22. The van der Waals surface area contributed by atoms with Crippen LogP contribution in [0.2, 0.25) is 0 Å². The van der Waals surface area contributed by atoms with E-state index in [4.69, 9.17) is 0 Å². The highest BCUT2D eigenvalue weighted by atomic mass is 32.2. The molecule has 0 bridgehead atoms. The lowest BCUT2D eigenvalue weighted by Crippen LogP contribution is -2.47. The maximum Gasteiger partial charge on any atom is 0.472 e. The van der Waals surface area contributed by atoms with Gasteiger partial charge in [-0.15, -0.1) is 0 Å². The number of benzene rings is 1. The Balaban J connectivity index is 2.18. The Kier molecular flexibility index (Phi) is 6.41. The standard InChI is InChI=1S/C16H14F4N4O4S/c1-29(27,28)24(12-3-2-6-21-8-12)9-11-5-4-10(7-13(11)17)14(25)22-23-15(26)16(18,19)20/h2-8H,9H2,1H3,(H,22,25)(H,23,26). The molecule has 0 aliphatic rings. The number of hydrazine groups is 1. The Bertz CT molecular complexity index is 1010. The molecule has 0 spiro atoms. The zero-order chi connectivity index (χ0) is 21.8. The summed E-state index contributed by atoms with van der Waals surface area (Å²) >= 11 is 0. The summed E-state index contributed by atoms with van der Waals surface area (Å²) in [6.45, 7) is -0.414. The predicted molar refractivity (Wildman–Crippen MR) is 93.3 cm³/mol. The van der Waals surface area contributed by atoms with E-state index in [1.165, 1.54) is 30.0 Å². The number of carbonyl (C=O) groups is 2. The zero-order valence-corrected chi connectivity index (χ0v) is 15.5. The van der Waals surface area contributed by atoms with Crippen molar-refractivity contribution in [1.82, 2.24) is 15.8 Å². The third kappa shape index (κ3) is 5.88. The molecule has 8 nitrogen and oxygen atoms in total. The van der Waals surface area contributed by atoms with Crippen molar-refractivity contribution in [3.63, 3.8) is 0 Å². The first-order valence-electron chi connectivity index (χ1n) is 7.73. The van der Waals surface area contributed by atoms with Crippen molar-refractivity contribution >= 4 is 27.5 Å². The van der Waals surface area contributed by atoms with Gasteiger partial charge in [-0.1, -0.05) is 6.07 Å². The first-order chi connectivity index (χ1) is 13.4. The molecule has 0 unspecified atom stereocenters. The maximum atomic E-state index is 14.4. The zero-order valence-electron chi connectivity index (χ0n) is 14.7. The molecule has 0 radical (unpaired) electrons. The molecule has 1 aromatic heterocycles. The second-order valence-corrected chi connectivity index (χ2v) is 7.60. The van der Waals surface area contributed by atoms with Crippen LogP contribution in [0.3, 0.4) is 0 Å².